The van der Waals surface area contributed by atoms with Crippen LogP contribution in [0.25, 0.3) is 0 Å². The molecule has 1 aromatic rings. The molecule has 0 bridgehead atoms. The summed E-state index contributed by atoms with van der Waals surface area (Å²) in [6, 6.07) is 4.29. The fourth-order valence-electron chi connectivity index (χ4n) is 3.36. The van der Waals surface area contributed by atoms with Crippen molar-refractivity contribution in [1.29, 1.82) is 0 Å². The van der Waals surface area contributed by atoms with E-state index in [0.29, 0.717) is 24.7 Å². The number of halogens is 1. The lowest BCUT2D eigenvalue weighted by atomic mass is 10.1. The minimum absolute atomic E-state index is 0.0664. The van der Waals surface area contributed by atoms with Gasteiger partial charge in [-0.1, -0.05) is 29.6 Å². The topological polar surface area (TPSA) is 123 Å². The summed E-state index contributed by atoms with van der Waals surface area (Å²) >= 11 is 6.11. The standard InChI is InChI=1S/C18H25ClN4O5S/c19-15-6-5-14(11-16(15)29(25,26)23-7-9-27-10-8-23)21-17(24)12-28-22-18(20)13-3-1-2-4-13/h5-6,11,13H,1-4,7-10,12H2,(H2,20,22)(H,21,24). The van der Waals surface area contributed by atoms with Crippen molar-refractivity contribution in [2.24, 2.45) is 16.8 Å². The third-order valence-corrected chi connectivity index (χ3v) is 7.32. The first-order valence-corrected chi connectivity index (χ1v) is 11.3. The zero-order valence-corrected chi connectivity index (χ0v) is 17.5. The van der Waals surface area contributed by atoms with Gasteiger partial charge in [-0.3, -0.25) is 4.79 Å². The zero-order valence-electron chi connectivity index (χ0n) is 16.0. The number of carbonyl (C=O) groups excluding carboxylic acids is 1. The molecule has 0 unspecified atom stereocenters. The van der Waals surface area contributed by atoms with E-state index in [1.165, 1.54) is 22.5 Å². The number of nitrogens with zero attached hydrogens (tertiary/aromatic N) is 2. The molecule has 3 rings (SSSR count). The number of hydrogen-bond donors (Lipinski definition) is 2. The van der Waals surface area contributed by atoms with Gasteiger partial charge in [-0.15, -0.1) is 0 Å². The maximum absolute atomic E-state index is 12.8. The van der Waals surface area contributed by atoms with Crippen molar-refractivity contribution in [2.45, 2.75) is 30.6 Å². The summed E-state index contributed by atoms with van der Waals surface area (Å²) in [4.78, 5) is 17.1. The van der Waals surface area contributed by atoms with Gasteiger partial charge in [-0.25, -0.2) is 8.42 Å². The first-order valence-electron chi connectivity index (χ1n) is 9.50. The van der Waals surface area contributed by atoms with Crippen LogP contribution < -0.4 is 11.1 Å². The van der Waals surface area contributed by atoms with E-state index in [0.717, 1.165) is 25.7 Å². The third kappa shape index (κ3) is 5.59. The summed E-state index contributed by atoms with van der Waals surface area (Å²) in [5.74, 6) is 0.132. The second kappa shape index (κ2) is 9.75. The van der Waals surface area contributed by atoms with Crippen molar-refractivity contribution in [3.05, 3.63) is 23.2 Å². The molecule has 0 spiro atoms. The Morgan fingerprint density at radius 2 is 2.00 bits per heavy atom. The first kappa shape index (κ1) is 21.8. The summed E-state index contributed by atoms with van der Waals surface area (Å²) in [6.07, 6.45) is 4.20. The second-order valence-electron chi connectivity index (χ2n) is 6.98. The molecule has 1 aliphatic carbocycles. The largest absolute Gasteiger partial charge is 0.384 e. The van der Waals surface area contributed by atoms with Crippen molar-refractivity contribution in [3.63, 3.8) is 0 Å². The van der Waals surface area contributed by atoms with Gasteiger partial charge < -0.3 is 20.6 Å². The first-order chi connectivity index (χ1) is 13.9. The van der Waals surface area contributed by atoms with Gasteiger partial charge in [0.25, 0.3) is 5.91 Å². The highest BCUT2D eigenvalue weighted by molar-refractivity contribution is 7.89. The Labute approximate surface area is 175 Å². The molecule has 9 nitrogen and oxygen atoms in total. The van der Waals surface area contributed by atoms with Gasteiger partial charge >= 0.3 is 0 Å². The van der Waals surface area contributed by atoms with Crippen LogP contribution in [-0.4, -0.2) is 57.4 Å². The van der Waals surface area contributed by atoms with Crippen LogP contribution in [0.1, 0.15) is 25.7 Å². The van der Waals surface area contributed by atoms with Gasteiger partial charge in [0.15, 0.2) is 6.61 Å². The van der Waals surface area contributed by atoms with Crippen LogP contribution in [0.2, 0.25) is 5.02 Å². The molecule has 0 atom stereocenters. The highest BCUT2D eigenvalue weighted by atomic mass is 35.5. The number of morpholine rings is 1. The van der Waals surface area contributed by atoms with E-state index >= 15 is 0 Å². The number of nitrogens with one attached hydrogen (secondary N) is 1. The second-order valence-corrected chi connectivity index (χ2v) is 9.29. The lowest BCUT2D eigenvalue weighted by Gasteiger charge is -2.26. The van der Waals surface area contributed by atoms with E-state index in [9.17, 15) is 13.2 Å². The molecule has 0 aromatic heterocycles. The minimum atomic E-state index is -3.79. The van der Waals surface area contributed by atoms with Crippen LogP contribution >= 0.6 is 11.6 Å². The van der Waals surface area contributed by atoms with Crippen LogP contribution in [0.5, 0.6) is 0 Å². The number of benzene rings is 1. The van der Waals surface area contributed by atoms with Gasteiger partial charge in [0, 0.05) is 24.7 Å². The number of oxime groups is 1. The maximum Gasteiger partial charge on any atom is 0.265 e. The molecule has 160 valence electrons. The smallest absolute Gasteiger partial charge is 0.265 e. The molecule has 29 heavy (non-hydrogen) atoms. The Balaban J connectivity index is 1.61. The normalized spacial score (nSPS) is 19.3. The fourth-order valence-corrected chi connectivity index (χ4v) is 5.27. The summed E-state index contributed by atoms with van der Waals surface area (Å²) in [7, 11) is -3.79. The van der Waals surface area contributed by atoms with Crippen LogP contribution in [0, 0.1) is 5.92 Å². The number of hydrogen-bond acceptors (Lipinski definition) is 6. The monoisotopic (exact) mass is 444 g/mol. The lowest BCUT2D eigenvalue weighted by Crippen LogP contribution is -2.40. The Bertz CT molecular complexity index is 865. The Hall–Kier alpha value is -1.88. The van der Waals surface area contributed by atoms with E-state index in [1.807, 2.05) is 0 Å². The SMILES string of the molecule is N/C(=N/OCC(=O)Nc1ccc(Cl)c(S(=O)(=O)N2CCOCC2)c1)C1CCCC1. The van der Waals surface area contributed by atoms with Crippen molar-refractivity contribution < 1.29 is 22.8 Å². The maximum atomic E-state index is 12.8. The molecule has 1 aliphatic heterocycles. The molecule has 1 saturated carbocycles. The van der Waals surface area contributed by atoms with Crippen molar-refractivity contribution >= 4 is 39.1 Å². The van der Waals surface area contributed by atoms with Crippen molar-refractivity contribution in [3.8, 4) is 0 Å². The quantitative estimate of drug-likeness (QED) is 0.375. The van der Waals surface area contributed by atoms with Crippen LogP contribution in [0.3, 0.4) is 0 Å². The molecule has 2 fully saturated rings. The summed E-state index contributed by atoms with van der Waals surface area (Å²) in [5.41, 5.74) is 6.17. The Kier molecular flexibility index (Phi) is 7.33. The molecular weight excluding hydrogens is 420 g/mol. The fraction of sp³-hybridized carbons (Fsp3) is 0.556. The van der Waals surface area contributed by atoms with Crippen LogP contribution in [0.15, 0.2) is 28.3 Å². The lowest BCUT2D eigenvalue weighted by molar-refractivity contribution is -0.120. The number of ether oxygens (including phenoxy) is 1. The van der Waals surface area contributed by atoms with Gasteiger partial charge in [-0.05, 0) is 31.0 Å². The highest BCUT2D eigenvalue weighted by Gasteiger charge is 2.28. The summed E-state index contributed by atoms with van der Waals surface area (Å²) < 4.78 is 32.2. The van der Waals surface area contributed by atoms with E-state index in [4.69, 9.17) is 26.9 Å². The molecule has 1 saturated heterocycles. The van der Waals surface area contributed by atoms with Gasteiger partial charge in [0.2, 0.25) is 10.0 Å². The number of anilines is 1. The van der Waals surface area contributed by atoms with E-state index in [1.54, 1.807) is 0 Å². The molecule has 0 radical (unpaired) electrons. The zero-order chi connectivity index (χ0) is 20.9. The number of amides is 1. The van der Waals surface area contributed by atoms with E-state index in [-0.39, 0.29) is 35.5 Å². The van der Waals surface area contributed by atoms with E-state index < -0.39 is 15.9 Å². The predicted octanol–water partition coefficient (Wildman–Crippen LogP) is 1.78. The van der Waals surface area contributed by atoms with Crippen LogP contribution in [-0.2, 0) is 24.4 Å². The molecule has 1 amide bonds. The number of rotatable bonds is 7. The Morgan fingerprint density at radius 1 is 1.31 bits per heavy atom. The number of nitrogens with two attached hydrogens (primary N) is 1. The van der Waals surface area contributed by atoms with Gasteiger partial charge in [-0.2, -0.15) is 4.31 Å². The van der Waals surface area contributed by atoms with Gasteiger partial charge in [0.1, 0.15) is 10.7 Å². The molecular formula is C18H25ClN4O5S. The molecule has 2 aliphatic rings. The molecule has 1 heterocycles. The number of amidine groups is 1. The highest BCUT2D eigenvalue weighted by Crippen LogP contribution is 2.28. The summed E-state index contributed by atoms with van der Waals surface area (Å²) in [6.45, 7) is 0.832. The Morgan fingerprint density at radius 3 is 2.69 bits per heavy atom. The molecule has 1 aromatic carbocycles. The third-order valence-electron chi connectivity index (χ3n) is 4.94. The molecule has 3 N–H and O–H groups in total. The summed E-state index contributed by atoms with van der Waals surface area (Å²) in [5, 5.41) is 6.49. The van der Waals surface area contributed by atoms with E-state index in [2.05, 4.69) is 10.5 Å². The number of sulfonamides is 1. The van der Waals surface area contributed by atoms with Crippen LogP contribution in [0.4, 0.5) is 5.69 Å². The van der Waals surface area contributed by atoms with Crippen molar-refractivity contribution in [2.75, 3.05) is 38.2 Å². The predicted molar refractivity (Wildman–Crippen MR) is 109 cm³/mol. The van der Waals surface area contributed by atoms with Gasteiger partial charge in [0.05, 0.1) is 18.2 Å². The average Bonchev–Trinajstić information content (AvgIpc) is 3.25. The number of carbonyl (C=O) groups is 1. The molecule has 11 heteroatoms. The average molecular weight is 445 g/mol. The van der Waals surface area contributed by atoms with Crippen molar-refractivity contribution in [1.82, 2.24) is 4.31 Å². The minimum Gasteiger partial charge on any atom is -0.384 e.